The molecule has 1 saturated heterocycles. The Labute approximate surface area is 310 Å². The van der Waals surface area contributed by atoms with E-state index in [-0.39, 0.29) is 40.6 Å². The number of piperazine rings is 1. The molecule has 2 aromatic carbocycles. The van der Waals surface area contributed by atoms with E-state index in [2.05, 4.69) is 20.2 Å². The first-order valence-corrected chi connectivity index (χ1v) is 18.5. The van der Waals surface area contributed by atoms with Crippen LogP contribution in [-0.4, -0.2) is 97.0 Å². The molecule has 8 rings (SSSR count). The van der Waals surface area contributed by atoms with Gasteiger partial charge in [-0.25, -0.2) is 23.1 Å². The predicted molar refractivity (Wildman–Crippen MR) is 202 cm³/mol. The van der Waals surface area contributed by atoms with Crippen molar-refractivity contribution in [3.63, 3.8) is 0 Å². The molecule has 2 fully saturated rings. The maximum absolute atomic E-state index is 14.6. The van der Waals surface area contributed by atoms with E-state index < -0.39 is 23.1 Å². The number of nitrogens with zero attached hydrogens (tertiary/aromatic N) is 7. The Morgan fingerprint density at radius 1 is 0.981 bits per heavy atom. The van der Waals surface area contributed by atoms with Crippen molar-refractivity contribution in [2.24, 2.45) is 4.99 Å². The first-order valence-electron chi connectivity index (χ1n) is 18.5. The highest BCUT2D eigenvalue weighted by atomic mass is 19.1. The summed E-state index contributed by atoms with van der Waals surface area (Å²) in [6, 6.07) is 13.5. The molecule has 0 radical (unpaired) electrons. The topological polar surface area (TPSA) is 128 Å². The van der Waals surface area contributed by atoms with Crippen LogP contribution in [-0.2, 0) is 11.3 Å². The Kier molecular flexibility index (Phi) is 9.71. The second-order valence-electron chi connectivity index (χ2n) is 14.5. The SMILES string of the molecule is CC(=O)N1CCN(Cc2cc(O)ccc2-c2cccc(-n3c(=O)n([C@H]4CC[C@@H](NCC5CN6C=C(F)C=CC6=N5)CC4)c(=O)c4cc(F)cnc43)c2)CC1. The number of halogens is 2. The van der Waals surface area contributed by atoms with Gasteiger partial charge in [-0.15, -0.1) is 0 Å². The molecule has 1 saturated carbocycles. The van der Waals surface area contributed by atoms with E-state index in [1.807, 2.05) is 34.1 Å². The summed E-state index contributed by atoms with van der Waals surface area (Å²) in [7, 11) is 0. The van der Waals surface area contributed by atoms with E-state index in [0.29, 0.717) is 64.3 Å². The quantitative estimate of drug-likeness (QED) is 0.275. The lowest BCUT2D eigenvalue weighted by Crippen LogP contribution is -2.47. The van der Waals surface area contributed by atoms with Crippen LogP contribution in [0.15, 0.2) is 93.5 Å². The molecule has 1 atom stereocenters. The number of rotatable bonds is 8. The molecule has 2 aromatic heterocycles. The molecule has 0 bridgehead atoms. The van der Waals surface area contributed by atoms with Crippen molar-refractivity contribution < 1.29 is 18.7 Å². The van der Waals surface area contributed by atoms with Crippen LogP contribution < -0.4 is 16.6 Å². The molecule has 0 spiro atoms. The van der Waals surface area contributed by atoms with Crippen LogP contribution >= 0.6 is 0 Å². The molecule has 1 amide bonds. The van der Waals surface area contributed by atoms with Gasteiger partial charge in [0, 0.05) is 71.0 Å². The number of hydrogen-bond acceptors (Lipinski definition) is 9. The lowest BCUT2D eigenvalue weighted by molar-refractivity contribution is -0.130. The highest BCUT2D eigenvalue weighted by molar-refractivity contribution is 5.96. The smallest absolute Gasteiger partial charge is 0.337 e. The molecule has 3 aliphatic heterocycles. The van der Waals surface area contributed by atoms with Gasteiger partial charge in [0.15, 0.2) is 5.65 Å². The Morgan fingerprint density at radius 3 is 2.56 bits per heavy atom. The number of benzene rings is 2. The third kappa shape index (κ3) is 7.10. The number of carbonyl (C=O) groups excluding carboxylic acids is 1. The molecule has 1 aliphatic carbocycles. The van der Waals surface area contributed by atoms with Crippen LogP contribution in [0.2, 0.25) is 0 Å². The summed E-state index contributed by atoms with van der Waals surface area (Å²) < 4.78 is 31.0. The van der Waals surface area contributed by atoms with Gasteiger partial charge in [-0.3, -0.25) is 24.0 Å². The number of hydrogen-bond donors (Lipinski definition) is 2. The van der Waals surface area contributed by atoms with Gasteiger partial charge in [0.05, 0.1) is 23.3 Å². The van der Waals surface area contributed by atoms with Gasteiger partial charge in [0.25, 0.3) is 5.56 Å². The molecular formula is C40H42F2N8O4. The fourth-order valence-electron chi connectivity index (χ4n) is 8.18. The van der Waals surface area contributed by atoms with Gasteiger partial charge < -0.3 is 20.2 Å². The number of pyridine rings is 1. The van der Waals surface area contributed by atoms with Crippen LogP contribution in [0.5, 0.6) is 5.75 Å². The first-order chi connectivity index (χ1) is 26.1. The highest BCUT2D eigenvalue weighted by Crippen LogP contribution is 2.31. The van der Waals surface area contributed by atoms with Crippen molar-refractivity contribution in [3.8, 4) is 22.6 Å². The minimum atomic E-state index is -0.670. The van der Waals surface area contributed by atoms with Crippen LogP contribution in [0.3, 0.4) is 0 Å². The molecule has 54 heavy (non-hydrogen) atoms. The van der Waals surface area contributed by atoms with Gasteiger partial charge in [-0.05, 0) is 84.9 Å². The summed E-state index contributed by atoms with van der Waals surface area (Å²) >= 11 is 0. The lowest BCUT2D eigenvalue weighted by Gasteiger charge is -2.34. The highest BCUT2D eigenvalue weighted by Gasteiger charge is 2.30. The summed E-state index contributed by atoms with van der Waals surface area (Å²) in [5.41, 5.74) is 1.97. The van der Waals surface area contributed by atoms with E-state index in [9.17, 15) is 28.3 Å². The standard InChI is InChI=1S/C40H42F2N8O4/c1-25(51)47-15-13-46(14-16-47)22-27-18-34(52)10-11-35(27)26-3-2-4-33(17-26)49-38-36(19-29(42)20-44-38)39(53)50(40(49)54)32-8-6-30(7-9-32)43-21-31-24-48-23-28(41)5-12-37(48)45-31/h2-5,10-12,17-20,23,30-32,43,52H,6-9,13-16,21-22,24H2,1H3/t30-,31?,32+. The number of amides is 1. The number of amidine groups is 1. The van der Waals surface area contributed by atoms with Gasteiger partial charge in [0.2, 0.25) is 5.91 Å². The van der Waals surface area contributed by atoms with Crippen LogP contribution in [0, 0.1) is 5.82 Å². The minimum Gasteiger partial charge on any atom is -0.508 e. The molecular weight excluding hydrogens is 694 g/mol. The van der Waals surface area contributed by atoms with Crippen molar-refractivity contribution in [1.29, 1.82) is 0 Å². The van der Waals surface area contributed by atoms with Gasteiger partial charge >= 0.3 is 5.69 Å². The molecule has 280 valence electrons. The van der Waals surface area contributed by atoms with Crippen molar-refractivity contribution in [2.75, 3.05) is 39.3 Å². The van der Waals surface area contributed by atoms with E-state index in [0.717, 1.165) is 47.6 Å². The Bertz CT molecular complexity index is 2320. The van der Waals surface area contributed by atoms with Gasteiger partial charge in [-0.2, -0.15) is 0 Å². The second kappa shape index (κ2) is 14.7. The third-order valence-corrected chi connectivity index (χ3v) is 11.0. The Hall–Kier alpha value is -5.47. The van der Waals surface area contributed by atoms with E-state index in [1.165, 1.54) is 21.4 Å². The molecule has 14 heteroatoms. The lowest BCUT2D eigenvalue weighted by atomic mass is 9.90. The summed E-state index contributed by atoms with van der Waals surface area (Å²) in [5.74, 6) is -0.0310. The number of nitrogens with one attached hydrogen (secondary N) is 1. The largest absolute Gasteiger partial charge is 0.508 e. The summed E-state index contributed by atoms with van der Waals surface area (Å²) in [5, 5.41) is 14.1. The van der Waals surface area contributed by atoms with Crippen LogP contribution in [0.25, 0.3) is 27.8 Å². The average molecular weight is 737 g/mol. The van der Waals surface area contributed by atoms with Gasteiger partial charge in [0.1, 0.15) is 23.2 Å². The number of aliphatic imine (C=N–C) groups is 1. The van der Waals surface area contributed by atoms with E-state index in [1.54, 1.807) is 31.2 Å². The van der Waals surface area contributed by atoms with Crippen molar-refractivity contribution >= 4 is 22.8 Å². The first kappa shape index (κ1) is 35.6. The van der Waals surface area contributed by atoms with Crippen molar-refractivity contribution in [2.45, 2.75) is 57.3 Å². The summed E-state index contributed by atoms with van der Waals surface area (Å²) in [4.78, 5) is 55.1. The minimum absolute atomic E-state index is 0.0147. The molecule has 2 N–H and O–H groups in total. The fourth-order valence-corrected chi connectivity index (χ4v) is 8.18. The maximum atomic E-state index is 14.6. The normalized spacial score (nSPS) is 21.6. The third-order valence-electron chi connectivity index (χ3n) is 11.0. The van der Waals surface area contributed by atoms with E-state index >= 15 is 0 Å². The number of phenols is 1. The Balaban J connectivity index is 1.05. The number of fused-ring (bicyclic) bond motifs is 2. The molecule has 4 aliphatic rings. The maximum Gasteiger partial charge on any atom is 0.337 e. The fraction of sp³-hybridized carbons (Fsp3) is 0.375. The summed E-state index contributed by atoms with van der Waals surface area (Å²) in [6.07, 6.45) is 8.14. The number of carbonyl (C=O) groups is 1. The number of allylic oxidation sites excluding steroid dienone is 2. The van der Waals surface area contributed by atoms with Crippen LogP contribution in [0.1, 0.15) is 44.2 Å². The second-order valence-corrected chi connectivity index (χ2v) is 14.5. The van der Waals surface area contributed by atoms with Crippen molar-refractivity contribution in [3.05, 3.63) is 111 Å². The number of aromatic nitrogens is 3. The zero-order valence-corrected chi connectivity index (χ0v) is 30.0. The molecule has 5 heterocycles. The molecule has 1 unspecified atom stereocenters. The Morgan fingerprint density at radius 2 is 1.78 bits per heavy atom. The van der Waals surface area contributed by atoms with Crippen molar-refractivity contribution in [1.82, 2.24) is 34.1 Å². The average Bonchev–Trinajstić information content (AvgIpc) is 3.57. The molecule has 12 nitrogen and oxygen atoms in total. The van der Waals surface area contributed by atoms with Gasteiger partial charge in [-0.1, -0.05) is 18.2 Å². The number of aromatic hydroxyl groups is 1. The zero-order valence-electron chi connectivity index (χ0n) is 30.0. The zero-order chi connectivity index (χ0) is 37.5. The summed E-state index contributed by atoms with van der Waals surface area (Å²) in [6.45, 7) is 6.01. The molecule has 4 aromatic rings. The monoisotopic (exact) mass is 736 g/mol. The van der Waals surface area contributed by atoms with E-state index in [4.69, 9.17) is 0 Å². The van der Waals surface area contributed by atoms with Crippen LogP contribution in [0.4, 0.5) is 8.78 Å². The number of phenolic OH excluding ortho intramolecular Hbond substituents is 1. The predicted octanol–water partition coefficient (Wildman–Crippen LogP) is 4.26.